The molecule has 1 saturated carbocycles. The Labute approximate surface area is 107 Å². The van der Waals surface area contributed by atoms with E-state index in [0.29, 0.717) is 0 Å². The SMILES string of the molecule is O=C1Nc2c(Br)cccc2SCC12CCC2. The maximum Gasteiger partial charge on any atom is 0.231 e. The van der Waals surface area contributed by atoms with Crippen molar-refractivity contribution < 1.29 is 4.79 Å². The number of carbonyl (C=O) groups is 1. The zero-order chi connectivity index (χ0) is 11.2. The molecule has 1 aromatic rings. The van der Waals surface area contributed by atoms with E-state index in [0.717, 1.165) is 28.8 Å². The van der Waals surface area contributed by atoms with Crippen LogP contribution in [0.15, 0.2) is 27.6 Å². The Morgan fingerprint density at radius 1 is 1.38 bits per heavy atom. The van der Waals surface area contributed by atoms with Crippen LogP contribution < -0.4 is 5.32 Å². The second-order valence-corrected chi connectivity index (χ2v) is 6.36. The average Bonchev–Trinajstić information content (AvgIpc) is 2.35. The number of benzene rings is 1. The van der Waals surface area contributed by atoms with Crippen molar-refractivity contribution in [2.24, 2.45) is 5.41 Å². The lowest BCUT2D eigenvalue weighted by atomic mass is 9.69. The second-order valence-electron chi connectivity index (χ2n) is 4.49. The summed E-state index contributed by atoms with van der Waals surface area (Å²) >= 11 is 5.29. The molecular weight excluding hydrogens is 286 g/mol. The van der Waals surface area contributed by atoms with E-state index in [4.69, 9.17) is 0 Å². The summed E-state index contributed by atoms with van der Waals surface area (Å²) in [5, 5.41) is 3.08. The lowest BCUT2D eigenvalue weighted by molar-refractivity contribution is -0.128. The fraction of sp³-hybridized carbons (Fsp3) is 0.417. The first-order chi connectivity index (χ1) is 7.71. The first-order valence-electron chi connectivity index (χ1n) is 5.44. The zero-order valence-corrected chi connectivity index (χ0v) is 11.2. The van der Waals surface area contributed by atoms with Crippen molar-refractivity contribution in [2.75, 3.05) is 11.1 Å². The third-order valence-electron chi connectivity index (χ3n) is 3.51. The molecule has 1 amide bonds. The van der Waals surface area contributed by atoms with Gasteiger partial charge in [0.15, 0.2) is 0 Å². The van der Waals surface area contributed by atoms with Gasteiger partial charge in [-0.05, 0) is 40.9 Å². The van der Waals surface area contributed by atoms with Crippen LogP contribution in [0.3, 0.4) is 0 Å². The fourth-order valence-electron chi connectivity index (χ4n) is 2.25. The Morgan fingerprint density at radius 2 is 2.19 bits per heavy atom. The van der Waals surface area contributed by atoms with E-state index < -0.39 is 0 Å². The van der Waals surface area contributed by atoms with E-state index >= 15 is 0 Å². The highest BCUT2D eigenvalue weighted by Gasteiger charge is 2.45. The third-order valence-corrected chi connectivity index (χ3v) is 5.52. The van der Waals surface area contributed by atoms with E-state index in [9.17, 15) is 4.79 Å². The molecule has 1 fully saturated rings. The van der Waals surface area contributed by atoms with Gasteiger partial charge in [0, 0.05) is 15.1 Å². The summed E-state index contributed by atoms with van der Waals surface area (Å²) in [6.45, 7) is 0. The highest BCUT2D eigenvalue weighted by molar-refractivity contribution is 9.10. The minimum Gasteiger partial charge on any atom is -0.324 e. The lowest BCUT2D eigenvalue weighted by Crippen LogP contribution is -2.43. The molecule has 0 unspecified atom stereocenters. The van der Waals surface area contributed by atoms with Gasteiger partial charge in [-0.2, -0.15) is 0 Å². The summed E-state index contributed by atoms with van der Waals surface area (Å²) < 4.78 is 0.974. The van der Waals surface area contributed by atoms with Crippen molar-refractivity contribution >= 4 is 39.3 Å². The number of halogens is 1. The summed E-state index contributed by atoms with van der Waals surface area (Å²) in [7, 11) is 0. The van der Waals surface area contributed by atoms with Crippen LogP contribution in [-0.4, -0.2) is 11.7 Å². The Kier molecular flexibility index (Phi) is 2.51. The molecule has 4 heteroatoms. The van der Waals surface area contributed by atoms with E-state index in [1.165, 1.54) is 11.3 Å². The van der Waals surface area contributed by atoms with E-state index in [1.54, 1.807) is 11.8 Å². The van der Waals surface area contributed by atoms with Crippen molar-refractivity contribution in [3.8, 4) is 0 Å². The van der Waals surface area contributed by atoms with Crippen LogP contribution >= 0.6 is 27.7 Å². The van der Waals surface area contributed by atoms with Gasteiger partial charge in [-0.1, -0.05) is 12.5 Å². The quantitative estimate of drug-likeness (QED) is 0.792. The molecule has 16 heavy (non-hydrogen) atoms. The molecule has 1 aliphatic carbocycles. The first kappa shape index (κ1) is 10.7. The molecule has 0 radical (unpaired) electrons. The summed E-state index contributed by atoms with van der Waals surface area (Å²) in [6.07, 6.45) is 3.26. The molecule has 1 aromatic carbocycles. The van der Waals surface area contributed by atoms with Gasteiger partial charge in [0.05, 0.1) is 11.1 Å². The molecule has 3 rings (SSSR count). The molecule has 1 aliphatic heterocycles. The Balaban J connectivity index is 2.00. The topological polar surface area (TPSA) is 29.1 Å². The van der Waals surface area contributed by atoms with Crippen LogP contribution in [-0.2, 0) is 4.79 Å². The minimum absolute atomic E-state index is 0.0941. The van der Waals surface area contributed by atoms with E-state index in [1.807, 2.05) is 12.1 Å². The second kappa shape index (κ2) is 3.77. The number of amides is 1. The van der Waals surface area contributed by atoms with Crippen molar-refractivity contribution in [3.05, 3.63) is 22.7 Å². The number of fused-ring (bicyclic) bond motifs is 1. The minimum atomic E-state index is -0.0941. The summed E-state index contributed by atoms with van der Waals surface area (Å²) in [5.41, 5.74) is 0.852. The average molecular weight is 298 g/mol. The number of rotatable bonds is 0. The lowest BCUT2D eigenvalue weighted by Gasteiger charge is -2.38. The van der Waals surface area contributed by atoms with Crippen molar-refractivity contribution in [1.29, 1.82) is 0 Å². The van der Waals surface area contributed by atoms with E-state index in [2.05, 4.69) is 27.3 Å². The van der Waals surface area contributed by atoms with Gasteiger partial charge in [-0.3, -0.25) is 4.79 Å². The highest BCUT2D eigenvalue weighted by Crippen LogP contribution is 2.49. The smallest absolute Gasteiger partial charge is 0.231 e. The molecule has 84 valence electrons. The van der Waals surface area contributed by atoms with Crippen molar-refractivity contribution in [2.45, 2.75) is 24.2 Å². The Hall–Kier alpha value is -0.480. The number of hydrogen-bond acceptors (Lipinski definition) is 2. The summed E-state index contributed by atoms with van der Waals surface area (Å²) in [4.78, 5) is 13.4. The standard InChI is InChI=1S/C12H12BrNOS/c13-8-3-1-4-9-10(8)14-11(15)12(7-16-9)5-2-6-12/h1,3-4H,2,5-7H2,(H,14,15). The van der Waals surface area contributed by atoms with Crippen LogP contribution in [0.2, 0.25) is 0 Å². The summed E-state index contributed by atoms with van der Waals surface area (Å²) in [6, 6.07) is 6.06. The number of hydrogen-bond donors (Lipinski definition) is 1. The van der Waals surface area contributed by atoms with Gasteiger partial charge in [0.2, 0.25) is 5.91 Å². The Morgan fingerprint density at radius 3 is 2.88 bits per heavy atom. The zero-order valence-electron chi connectivity index (χ0n) is 8.75. The monoisotopic (exact) mass is 297 g/mol. The Bertz CT molecular complexity index is 456. The molecule has 0 atom stereocenters. The number of para-hydroxylation sites is 1. The number of thioether (sulfide) groups is 1. The van der Waals surface area contributed by atoms with Crippen LogP contribution in [0.5, 0.6) is 0 Å². The number of carbonyl (C=O) groups excluding carboxylic acids is 1. The maximum absolute atomic E-state index is 12.2. The van der Waals surface area contributed by atoms with Gasteiger partial charge >= 0.3 is 0 Å². The van der Waals surface area contributed by atoms with Crippen LogP contribution in [0, 0.1) is 5.41 Å². The number of anilines is 1. The van der Waals surface area contributed by atoms with Gasteiger partial charge in [0.1, 0.15) is 0 Å². The maximum atomic E-state index is 12.2. The molecule has 1 N–H and O–H groups in total. The largest absolute Gasteiger partial charge is 0.324 e. The number of nitrogens with one attached hydrogen (secondary N) is 1. The third kappa shape index (κ3) is 1.51. The van der Waals surface area contributed by atoms with Crippen LogP contribution in [0.25, 0.3) is 0 Å². The van der Waals surface area contributed by atoms with Gasteiger partial charge in [-0.25, -0.2) is 0 Å². The molecule has 2 aliphatic rings. The normalized spacial score (nSPS) is 21.9. The predicted octanol–water partition coefficient (Wildman–Crippen LogP) is 3.66. The van der Waals surface area contributed by atoms with Gasteiger partial charge < -0.3 is 5.32 Å². The molecular formula is C12H12BrNOS. The molecule has 0 bridgehead atoms. The van der Waals surface area contributed by atoms with Crippen LogP contribution in [0.1, 0.15) is 19.3 Å². The summed E-state index contributed by atoms with van der Waals surface area (Å²) in [5.74, 6) is 1.12. The van der Waals surface area contributed by atoms with Gasteiger partial charge in [0.25, 0.3) is 0 Å². The van der Waals surface area contributed by atoms with Crippen molar-refractivity contribution in [3.63, 3.8) is 0 Å². The highest BCUT2D eigenvalue weighted by atomic mass is 79.9. The fourth-order valence-corrected chi connectivity index (χ4v) is 4.18. The van der Waals surface area contributed by atoms with Gasteiger partial charge in [-0.15, -0.1) is 11.8 Å². The molecule has 0 aromatic heterocycles. The molecule has 0 saturated heterocycles. The van der Waals surface area contributed by atoms with Crippen molar-refractivity contribution in [1.82, 2.24) is 0 Å². The first-order valence-corrected chi connectivity index (χ1v) is 7.22. The molecule has 2 nitrogen and oxygen atoms in total. The van der Waals surface area contributed by atoms with Crippen LogP contribution in [0.4, 0.5) is 5.69 Å². The molecule has 1 heterocycles. The molecule has 1 spiro atoms. The van der Waals surface area contributed by atoms with E-state index in [-0.39, 0.29) is 11.3 Å². The predicted molar refractivity (Wildman–Crippen MR) is 69.8 cm³/mol.